The normalized spacial score (nSPS) is 12.7. The zero-order chi connectivity index (χ0) is 41.9. The molecule has 8 aromatic rings. The Kier molecular flexibility index (Phi) is 10.8. The predicted molar refractivity (Wildman–Crippen MR) is 240 cm³/mol. The van der Waals surface area contributed by atoms with Gasteiger partial charge >= 0.3 is 27.1 Å². The van der Waals surface area contributed by atoms with Crippen molar-refractivity contribution in [1.29, 1.82) is 0 Å². The summed E-state index contributed by atoms with van der Waals surface area (Å²) < 4.78 is 13.1. The maximum absolute atomic E-state index is 7.09. The van der Waals surface area contributed by atoms with E-state index >= 15 is 0 Å². The van der Waals surface area contributed by atoms with Gasteiger partial charge in [-0.2, -0.15) is 0 Å². The molecule has 1 aliphatic heterocycles. The minimum atomic E-state index is -0.190. The number of rotatable bonds is 7. The zero-order valence-corrected chi connectivity index (χ0v) is 38.2. The summed E-state index contributed by atoms with van der Waals surface area (Å²) in [6.07, 6.45) is 5.74. The Bertz CT molecular complexity index is 3010. The Labute approximate surface area is 372 Å². The van der Waals surface area contributed by atoms with Crippen LogP contribution in [-0.2, 0) is 31.9 Å². The molecule has 5 aromatic carbocycles. The summed E-state index contributed by atoms with van der Waals surface area (Å²) in [4.78, 5) is 20.3. The quantitative estimate of drug-likeness (QED) is 0.118. The summed E-state index contributed by atoms with van der Waals surface area (Å²) >= 11 is 0. The molecular weight excluding hydrogens is 934 g/mol. The van der Waals surface area contributed by atoms with Gasteiger partial charge in [-0.15, -0.1) is 29.1 Å². The van der Waals surface area contributed by atoms with Crippen LogP contribution in [0.1, 0.15) is 63.8 Å². The number of pyridine rings is 1. The molecule has 61 heavy (non-hydrogen) atoms. The third-order valence-corrected chi connectivity index (χ3v) is 10.9. The first-order chi connectivity index (χ1) is 28.7. The largest absolute Gasteiger partial charge is 2.00 e. The number of aryl methyl sites for hydroxylation is 2. The molecule has 0 unspecified atom stereocenters. The molecule has 0 saturated carbocycles. The minimum Gasteiger partial charge on any atom is -0.508 e. The topological polar surface area (TPSA) is 71.7 Å². The smallest absolute Gasteiger partial charge is 0.508 e. The summed E-state index contributed by atoms with van der Waals surface area (Å²) in [6, 6.07) is 46.2. The van der Waals surface area contributed by atoms with Crippen molar-refractivity contribution < 1.29 is 35.0 Å². The molecule has 0 saturated heterocycles. The molecule has 0 bridgehead atoms. The van der Waals surface area contributed by atoms with E-state index < -0.39 is 0 Å². The second-order valence-corrected chi connectivity index (χ2v) is 17.7. The molecule has 0 spiro atoms. The monoisotopic (exact) mass is 980 g/mol. The zero-order valence-electron chi connectivity index (χ0n) is 35.9. The molecule has 9 rings (SSSR count). The number of nitrogens with zero attached hydrogens (tertiary/aromatic N) is 7. The number of hydrogen-bond acceptors (Lipinski definition) is 5. The van der Waals surface area contributed by atoms with E-state index in [0.29, 0.717) is 34.5 Å². The van der Waals surface area contributed by atoms with Crippen molar-refractivity contribution in [1.82, 2.24) is 24.5 Å². The fraction of sp³-hybridized carbons (Fsp3) is 0.212. The number of hydrogen-bond donors (Lipinski definition) is 0. The number of ether oxygens (including phenoxy) is 1. The molecule has 0 aliphatic carbocycles. The third-order valence-electron chi connectivity index (χ3n) is 10.9. The Morgan fingerprint density at radius 1 is 0.656 bits per heavy atom. The molecule has 0 N–H and O–H groups in total. The summed E-state index contributed by atoms with van der Waals surface area (Å²) in [7, 11) is 1.95. The standard InChI is InChI=1S/C52H47N7O.Pt/c1-33-13-17-35(18-14-33)48-54-49(36-19-15-34(2)16-20-36)56-50(55-48)43-30-42-41-28-37(51(3,4)5)21-22-44(41)59(47-12-10-11-23-53-47)45(42)31-46(43)60-40-27-38(52(6,7)8)26-39(29-40)58-25-24-57(9)32-58;/h10-28,30H,1-9H3;/q;+2. The average Bonchev–Trinajstić information content (AvgIpc) is 3.81. The van der Waals surface area contributed by atoms with E-state index in [1.54, 1.807) is 0 Å². The van der Waals surface area contributed by atoms with Gasteiger partial charge in [0.25, 0.3) is 6.20 Å². The summed E-state index contributed by atoms with van der Waals surface area (Å²) in [6.45, 7) is 17.4. The number of aromatic nitrogens is 5. The molecule has 0 amide bonds. The van der Waals surface area contributed by atoms with E-state index in [-0.39, 0.29) is 31.9 Å². The molecule has 304 valence electrons. The van der Waals surface area contributed by atoms with Crippen molar-refractivity contribution in [2.24, 2.45) is 0 Å². The number of fused-ring (bicyclic) bond motifs is 3. The second kappa shape index (κ2) is 15.9. The minimum absolute atomic E-state index is 0. The first-order valence-electron chi connectivity index (χ1n) is 20.3. The second-order valence-electron chi connectivity index (χ2n) is 17.7. The summed E-state index contributed by atoms with van der Waals surface area (Å²) in [5, 5.41) is 2.04. The van der Waals surface area contributed by atoms with Crippen LogP contribution in [0.3, 0.4) is 0 Å². The SMILES string of the molecule is Cc1ccc(-c2nc(-c3ccc(C)cc3)nc(-c3cc4c5cc(C(C)(C)C)ccc5n(-c5ccccn5)c4[c-]c3Oc3[c-]c([N+]4=C=[N+](C)C=C4)cc(C(C)(C)C)c3)n2)cc1.[Pt+2]. The van der Waals surface area contributed by atoms with Crippen molar-refractivity contribution in [3.05, 3.63) is 156 Å². The van der Waals surface area contributed by atoms with Gasteiger partial charge in [0.05, 0.1) is 0 Å². The molecule has 0 atom stereocenters. The molecule has 1 aliphatic rings. The van der Waals surface area contributed by atoms with Crippen LogP contribution < -0.4 is 4.74 Å². The van der Waals surface area contributed by atoms with Crippen LogP contribution in [0.25, 0.3) is 61.8 Å². The Morgan fingerprint density at radius 2 is 1.30 bits per heavy atom. The van der Waals surface area contributed by atoms with Crippen LogP contribution in [-0.4, -0.2) is 46.7 Å². The van der Waals surface area contributed by atoms with Crippen molar-refractivity contribution in [2.45, 2.75) is 66.2 Å². The Morgan fingerprint density at radius 3 is 1.87 bits per heavy atom. The molecule has 0 fully saturated rings. The van der Waals surface area contributed by atoms with E-state index in [2.05, 4.69) is 163 Å². The van der Waals surface area contributed by atoms with Crippen LogP contribution in [0.5, 0.6) is 11.5 Å². The molecule has 0 radical (unpaired) electrons. The van der Waals surface area contributed by atoms with Gasteiger partial charge in [0.2, 0.25) is 6.20 Å². The van der Waals surface area contributed by atoms with E-state index in [1.165, 1.54) is 5.56 Å². The van der Waals surface area contributed by atoms with Gasteiger partial charge in [0, 0.05) is 34.3 Å². The third kappa shape index (κ3) is 8.26. The molecule has 9 heteroatoms. The first kappa shape index (κ1) is 41.4. The Hall–Kier alpha value is -6.33. The Balaban J connectivity index is 0.00000514. The van der Waals surface area contributed by atoms with Crippen LogP contribution >= 0.6 is 0 Å². The fourth-order valence-corrected chi connectivity index (χ4v) is 7.36. The van der Waals surface area contributed by atoms with Crippen molar-refractivity contribution in [3.8, 4) is 51.5 Å². The van der Waals surface area contributed by atoms with Gasteiger partial charge in [-0.05, 0) is 59.4 Å². The number of benzene rings is 5. The molecule has 3 aromatic heterocycles. The van der Waals surface area contributed by atoms with E-state index in [9.17, 15) is 0 Å². The van der Waals surface area contributed by atoms with Gasteiger partial charge in [-0.25, -0.2) is 19.9 Å². The van der Waals surface area contributed by atoms with Crippen LogP contribution in [0, 0.1) is 26.0 Å². The van der Waals surface area contributed by atoms with Crippen molar-refractivity contribution in [3.63, 3.8) is 0 Å². The maximum Gasteiger partial charge on any atom is 2.00 e. The van der Waals surface area contributed by atoms with Gasteiger partial charge in [-0.3, -0.25) is 0 Å². The molecule has 8 nitrogen and oxygen atoms in total. The predicted octanol–water partition coefficient (Wildman–Crippen LogP) is 11.9. The maximum atomic E-state index is 7.09. The van der Waals surface area contributed by atoms with E-state index in [4.69, 9.17) is 24.7 Å². The van der Waals surface area contributed by atoms with Crippen molar-refractivity contribution in [2.75, 3.05) is 7.05 Å². The van der Waals surface area contributed by atoms with Gasteiger partial charge in [0.15, 0.2) is 18.7 Å². The summed E-state index contributed by atoms with van der Waals surface area (Å²) in [5.41, 5.74) is 9.41. The van der Waals surface area contributed by atoms with Gasteiger partial charge in [0.1, 0.15) is 17.3 Å². The molecular formula is C52H47N7OPt+2. The van der Waals surface area contributed by atoms with Crippen LogP contribution in [0.15, 0.2) is 122 Å². The van der Waals surface area contributed by atoms with Crippen molar-refractivity contribution >= 4 is 33.5 Å². The molecule has 4 heterocycles. The van der Waals surface area contributed by atoms with Gasteiger partial charge in [-0.1, -0.05) is 146 Å². The fourth-order valence-electron chi connectivity index (χ4n) is 7.36. The first-order valence-corrected chi connectivity index (χ1v) is 20.3. The van der Waals surface area contributed by atoms with Crippen LogP contribution in [0.4, 0.5) is 5.69 Å². The van der Waals surface area contributed by atoms with E-state index in [1.807, 2.05) is 53.0 Å². The summed E-state index contributed by atoms with van der Waals surface area (Å²) in [5.74, 6) is 3.34. The average molecular weight is 981 g/mol. The van der Waals surface area contributed by atoms with Crippen LogP contribution in [0.2, 0.25) is 0 Å². The van der Waals surface area contributed by atoms with Gasteiger partial charge < -0.3 is 9.30 Å². The van der Waals surface area contributed by atoms with E-state index in [0.717, 1.165) is 61.1 Å².